The molecule has 1 aromatic carbocycles. The zero-order chi connectivity index (χ0) is 21.9. The number of amides is 1. The molecule has 0 atom stereocenters. The average Bonchev–Trinajstić information content (AvgIpc) is 3.59. The highest BCUT2D eigenvalue weighted by Gasteiger charge is 2.24. The van der Waals surface area contributed by atoms with E-state index >= 15 is 0 Å². The van der Waals surface area contributed by atoms with Crippen molar-refractivity contribution in [1.82, 2.24) is 25.1 Å². The summed E-state index contributed by atoms with van der Waals surface area (Å²) in [6, 6.07) is 14.1. The first-order valence-corrected chi connectivity index (χ1v) is 11.3. The molecule has 1 amide bonds. The molecule has 0 bridgehead atoms. The Morgan fingerprint density at radius 3 is 2.66 bits per heavy atom. The Kier molecular flexibility index (Phi) is 5.85. The van der Waals surface area contributed by atoms with Gasteiger partial charge in [0.25, 0.3) is 11.9 Å². The van der Waals surface area contributed by atoms with E-state index in [4.69, 9.17) is 9.72 Å². The SMILES string of the molecule is Cc1cc(Cc2ccccc2)n(-c2nc(C(=O)NCC3CC3)cc(N3CCOCC3)n2)n1. The van der Waals surface area contributed by atoms with Crippen LogP contribution in [0.4, 0.5) is 5.82 Å². The lowest BCUT2D eigenvalue weighted by Crippen LogP contribution is -2.37. The molecule has 166 valence electrons. The van der Waals surface area contributed by atoms with E-state index in [1.807, 2.05) is 31.2 Å². The molecule has 1 saturated heterocycles. The van der Waals surface area contributed by atoms with Gasteiger partial charge in [-0.2, -0.15) is 10.1 Å². The Balaban J connectivity index is 1.50. The van der Waals surface area contributed by atoms with Gasteiger partial charge in [-0.3, -0.25) is 4.79 Å². The number of hydrogen-bond acceptors (Lipinski definition) is 6. The highest BCUT2D eigenvalue weighted by atomic mass is 16.5. The van der Waals surface area contributed by atoms with Crippen LogP contribution in [0.1, 0.15) is 40.3 Å². The summed E-state index contributed by atoms with van der Waals surface area (Å²) in [7, 11) is 0. The normalized spacial score (nSPS) is 16.2. The van der Waals surface area contributed by atoms with Crippen LogP contribution in [0, 0.1) is 12.8 Å². The topological polar surface area (TPSA) is 85.2 Å². The quantitative estimate of drug-likeness (QED) is 0.618. The van der Waals surface area contributed by atoms with Crippen molar-refractivity contribution in [3.8, 4) is 5.95 Å². The second-order valence-corrected chi connectivity index (χ2v) is 8.52. The third-order valence-corrected chi connectivity index (χ3v) is 5.84. The first-order valence-electron chi connectivity index (χ1n) is 11.3. The largest absolute Gasteiger partial charge is 0.378 e. The highest BCUT2D eigenvalue weighted by Crippen LogP contribution is 2.27. The summed E-state index contributed by atoms with van der Waals surface area (Å²) in [5, 5.41) is 7.69. The Labute approximate surface area is 187 Å². The minimum atomic E-state index is -0.163. The summed E-state index contributed by atoms with van der Waals surface area (Å²) >= 11 is 0. The molecule has 1 saturated carbocycles. The van der Waals surface area contributed by atoms with Gasteiger partial charge in [-0.05, 0) is 37.3 Å². The first-order chi connectivity index (χ1) is 15.7. The monoisotopic (exact) mass is 432 g/mol. The summed E-state index contributed by atoms with van der Waals surface area (Å²) in [4.78, 5) is 24.5. The number of hydrogen-bond donors (Lipinski definition) is 1. The molecule has 0 unspecified atom stereocenters. The number of aromatic nitrogens is 4. The van der Waals surface area contributed by atoms with E-state index in [0.717, 1.165) is 30.3 Å². The first kappa shape index (κ1) is 20.6. The number of nitrogens with zero attached hydrogens (tertiary/aromatic N) is 5. The number of anilines is 1. The second-order valence-electron chi connectivity index (χ2n) is 8.52. The molecular weight excluding hydrogens is 404 g/mol. The van der Waals surface area contributed by atoms with Crippen molar-refractivity contribution in [2.75, 3.05) is 37.7 Å². The number of carbonyl (C=O) groups is 1. The standard InChI is InChI=1S/C24H28N6O2/c1-17-13-20(14-18-5-3-2-4-6-18)30(28-17)24-26-21(23(31)25-16-19-7-8-19)15-22(27-24)29-9-11-32-12-10-29/h2-6,13,15,19H,7-12,14,16H2,1H3,(H,25,31). The third-order valence-electron chi connectivity index (χ3n) is 5.84. The van der Waals surface area contributed by atoms with Gasteiger partial charge in [-0.15, -0.1) is 0 Å². The number of nitrogens with one attached hydrogen (secondary N) is 1. The van der Waals surface area contributed by atoms with E-state index in [9.17, 15) is 4.79 Å². The van der Waals surface area contributed by atoms with E-state index in [2.05, 4.69) is 32.4 Å². The van der Waals surface area contributed by atoms with Gasteiger partial charge in [0.2, 0.25) is 0 Å². The molecule has 0 spiro atoms. The summed E-state index contributed by atoms with van der Waals surface area (Å²) in [6.45, 7) is 5.40. The Morgan fingerprint density at radius 1 is 1.12 bits per heavy atom. The Morgan fingerprint density at radius 2 is 1.91 bits per heavy atom. The van der Waals surface area contributed by atoms with Gasteiger partial charge in [0.1, 0.15) is 11.5 Å². The average molecular weight is 433 g/mol. The number of ether oxygens (including phenoxy) is 1. The van der Waals surface area contributed by atoms with Crippen LogP contribution in [0.2, 0.25) is 0 Å². The maximum Gasteiger partial charge on any atom is 0.270 e. The number of rotatable bonds is 7. The molecule has 2 aromatic heterocycles. The van der Waals surface area contributed by atoms with Crippen molar-refractivity contribution in [3.63, 3.8) is 0 Å². The summed E-state index contributed by atoms with van der Waals surface area (Å²) < 4.78 is 7.26. The molecule has 8 heteroatoms. The van der Waals surface area contributed by atoms with Crippen molar-refractivity contribution in [3.05, 3.63) is 65.1 Å². The van der Waals surface area contributed by atoms with Crippen LogP contribution in [0.25, 0.3) is 5.95 Å². The van der Waals surface area contributed by atoms with Crippen molar-refractivity contribution in [1.29, 1.82) is 0 Å². The van der Waals surface area contributed by atoms with Gasteiger partial charge in [0.05, 0.1) is 24.6 Å². The van der Waals surface area contributed by atoms with E-state index in [0.29, 0.717) is 43.7 Å². The van der Waals surface area contributed by atoms with Crippen molar-refractivity contribution in [2.45, 2.75) is 26.2 Å². The molecule has 1 N–H and O–H groups in total. The lowest BCUT2D eigenvalue weighted by atomic mass is 10.1. The van der Waals surface area contributed by atoms with Crippen LogP contribution in [0.5, 0.6) is 0 Å². The van der Waals surface area contributed by atoms with Crippen LogP contribution < -0.4 is 10.2 Å². The van der Waals surface area contributed by atoms with E-state index in [1.54, 1.807) is 10.7 Å². The zero-order valence-electron chi connectivity index (χ0n) is 18.3. The van der Waals surface area contributed by atoms with Gasteiger partial charge in [-0.1, -0.05) is 30.3 Å². The minimum absolute atomic E-state index is 0.163. The number of morpholine rings is 1. The molecule has 32 heavy (non-hydrogen) atoms. The van der Waals surface area contributed by atoms with Crippen molar-refractivity contribution >= 4 is 11.7 Å². The predicted molar refractivity (Wildman–Crippen MR) is 121 cm³/mol. The van der Waals surface area contributed by atoms with E-state index in [-0.39, 0.29) is 5.91 Å². The smallest absolute Gasteiger partial charge is 0.270 e. The molecular formula is C24H28N6O2. The van der Waals surface area contributed by atoms with Gasteiger partial charge in [0.15, 0.2) is 0 Å². The molecule has 1 aliphatic carbocycles. The summed E-state index contributed by atoms with van der Waals surface area (Å²) in [5.74, 6) is 1.59. The van der Waals surface area contributed by atoms with Gasteiger partial charge in [-0.25, -0.2) is 9.67 Å². The van der Waals surface area contributed by atoms with Crippen LogP contribution in [0.15, 0.2) is 42.5 Å². The van der Waals surface area contributed by atoms with Crippen LogP contribution in [0.3, 0.4) is 0 Å². The minimum Gasteiger partial charge on any atom is -0.378 e. The fourth-order valence-electron chi connectivity index (χ4n) is 3.89. The maximum atomic E-state index is 12.9. The Hall–Kier alpha value is -3.26. The second kappa shape index (κ2) is 9.08. The van der Waals surface area contributed by atoms with Crippen LogP contribution in [-0.2, 0) is 11.2 Å². The van der Waals surface area contributed by atoms with Crippen molar-refractivity contribution in [2.24, 2.45) is 5.92 Å². The molecule has 5 rings (SSSR count). The molecule has 2 aliphatic rings. The number of benzene rings is 1. The maximum absolute atomic E-state index is 12.9. The summed E-state index contributed by atoms with van der Waals surface area (Å²) in [5.41, 5.74) is 3.42. The summed E-state index contributed by atoms with van der Waals surface area (Å²) in [6.07, 6.45) is 3.07. The molecule has 1 aliphatic heterocycles. The van der Waals surface area contributed by atoms with Gasteiger partial charge >= 0.3 is 0 Å². The number of aryl methyl sites for hydroxylation is 1. The lowest BCUT2D eigenvalue weighted by molar-refractivity contribution is 0.0946. The lowest BCUT2D eigenvalue weighted by Gasteiger charge is -2.28. The Bertz CT molecular complexity index is 1090. The highest BCUT2D eigenvalue weighted by molar-refractivity contribution is 5.93. The molecule has 8 nitrogen and oxygen atoms in total. The molecule has 3 heterocycles. The fraction of sp³-hybridized carbons (Fsp3) is 0.417. The van der Waals surface area contributed by atoms with Crippen LogP contribution in [-0.4, -0.2) is 58.5 Å². The van der Waals surface area contributed by atoms with Crippen LogP contribution >= 0.6 is 0 Å². The van der Waals surface area contributed by atoms with Crippen molar-refractivity contribution < 1.29 is 9.53 Å². The van der Waals surface area contributed by atoms with E-state index < -0.39 is 0 Å². The predicted octanol–water partition coefficient (Wildman–Crippen LogP) is 2.54. The van der Waals surface area contributed by atoms with Gasteiger partial charge in [0, 0.05) is 32.1 Å². The molecule has 0 radical (unpaired) electrons. The molecule has 2 fully saturated rings. The number of carbonyl (C=O) groups excluding carboxylic acids is 1. The zero-order valence-corrected chi connectivity index (χ0v) is 18.3. The fourth-order valence-corrected chi connectivity index (χ4v) is 3.89. The molecule has 3 aromatic rings. The van der Waals surface area contributed by atoms with E-state index in [1.165, 1.54) is 18.4 Å². The van der Waals surface area contributed by atoms with Gasteiger partial charge < -0.3 is 15.0 Å². The third kappa shape index (κ3) is 4.80.